The Hall–Kier alpha value is -4.33. The van der Waals surface area contributed by atoms with Crippen LogP contribution in [0.1, 0.15) is 22.1 Å². The van der Waals surface area contributed by atoms with Crippen molar-refractivity contribution < 1.29 is 14.3 Å². The third-order valence-electron chi connectivity index (χ3n) is 5.62. The van der Waals surface area contributed by atoms with Crippen LogP contribution in [0.5, 0.6) is 11.5 Å². The summed E-state index contributed by atoms with van der Waals surface area (Å²) in [5.74, 6) is 1.24. The van der Waals surface area contributed by atoms with E-state index in [1.807, 2.05) is 66.7 Å². The van der Waals surface area contributed by atoms with Gasteiger partial charge in [-0.1, -0.05) is 24.3 Å². The first-order valence-electron chi connectivity index (χ1n) is 10.3. The molecule has 1 amide bonds. The average molecular weight is 425 g/mol. The second-order valence-electron chi connectivity index (χ2n) is 7.53. The molecule has 1 N–H and O–H groups in total. The van der Waals surface area contributed by atoms with E-state index in [0.717, 1.165) is 22.6 Å². The highest BCUT2D eigenvalue weighted by atomic mass is 16.6. The lowest BCUT2D eigenvalue weighted by Crippen LogP contribution is -2.43. The first-order chi connectivity index (χ1) is 15.8. The molecule has 0 fully saturated rings. The van der Waals surface area contributed by atoms with E-state index in [4.69, 9.17) is 9.47 Å². The van der Waals surface area contributed by atoms with E-state index in [2.05, 4.69) is 15.4 Å². The number of nitrogens with one attached hydrogen (secondary N) is 1. The highest BCUT2D eigenvalue weighted by molar-refractivity contribution is 6.12. The number of amides is 1. The molecule has 0 aliphatic carbocycles. The quantitative estimate of drug-likeness (QED) is 0.538. The van der Waals surface area contributed by atoms with Crippen LogP contribution < -0.4 is 19.7 Å². The zero-order valence-electron chi connectivity index (χ0n) is 17.0. The van der Waals surface area contributed by atoms with Crippen LogP contribution >= 0.6 is 0 Å². The van der Waals surface area contributed by atoms with Crippen LogP contribution in [0.15, 0.2) is 79.4 Å². The molecule has 32 heavy (non-hydrogen) atoms. The van der Waals surface area contributed by atoms with Crippen molar-refractivity contribution in [3.63, 3.8) is 0 Å². The fourth-order valence-electron chi connectivity index (χ4n) is 4.09. The van der Waals surface area contributed by atoms with Crippen molar-refractivity contribution >= 4 is 17.3 Å². The minimum absolute atomic E-state index is 0.0821. The molecule has 2 aliphatic heterocycles. The predicted octanol–water partition coefficient (Wildman–Crippen LogP) is 3.81. The molecule has 0 unspecified atom stereocenters. The first-order valence-corrected chi connectivity index (χ1v) is 10.3. The summed E-state index contributed by atoms with van der Waals surface area (Å²) < 4.78 is 13.1. The SMILES string of the molecule is O=C1c2ccccc2N[C@@H](c2ccc(-n3cncn3)cc2)N1c1ccc2c(c1)OCCO2. The van der Waals surface area contributed by atoms with Crippen LogP contribution in [0, 0.1) is 0 Å². The second-order valence-corrected chi connectivity index (χ2v) is 7.53. The summed E-state index contributed by atoms with van der Waals surface area (Å²) in [6.07, 6.45) is 2.75. The molecule has 8 nitrogen and oxygen atoms in total. The van der Waals surface area contributed by atoms with Gasteiger partial charge in [0.05, 0.1) is 16.9 Å². The van der Waals surface area contributed by atoms with E-state index < -0.39 is 6.17 Å². The number of hydrogen-bond donors (Lipinski definition) is 1. The highest BCUT2D eigenvalue weighted by Gasteiger charge is 2.34. The van der Waals surface area contributed by atoms with Gasteiger partial charge in [-0.15, -0.1) is 0 Å². The summed E-state index contributed by atoms with van der Waals surface area (Å²) in [6, 6.07) is 21.0. The van der Waals surface area contributed by atoms with Gasteiger partial charge in [0.2, 0.25) is 0 Å². The summed E-state index contributed by atoms with van der Waals surface area (Å²) in [4.78, 5) is 19.4. The maximum Gasteiger partial charge on any atom is 0.262 e. The number of carbonyl (C=O) groups excluding carboxylic acids is 1. The molecular weight excluding hydrogens is 406 g/mol. The summed E-state index contributed by atoms with van der Waals surface area (Å²) in [7, 11) is 0. The first kappa shape index (κ1) is 18.4. The van der Waals surface area contributed by atoms with E-state index in [-0.39, 0.29) is 5.91 Å². The monoisotopic (exact) mass is 425 g/mol. The maximum atomic E-state index is 13.6. The van der Waals surface area contributed by atoms with Gasteiger partial charge in [0.25, 0.3) is 5.91 Å². The summed E-state index contributed by atoms with van der Waals surface area (Å²) in [5.41, 5.74) is 3.98. The molecule has 158 valence electrons. The Balaban J connectivity index is 1.43. The smallest absolute Gasteiger partial charge is 0.262 e. The molecule has 6 rings (SSSR count). The van der Waals surface area contributed by atoms with Crippen molar-refractivity contribution in [2.75, 3.05) is 23.4 Å². The van der Waals surface area contributed by atoms with E-state index in [0.29, 0.717) is 30.3 Å². The topological polar surface area (TPSA) is 81.5 Å². The maximum absolute atomic E-state index is 13.6. The molecule has 2 aliphatic rings. The number of carbonyl (C=O) groups is 1. The molecule has 8 heteroatoms. The van der Waals surface area contributed by atoms with Gasteiger partial charge in [0.1, 0.15) is 32.0 Å². The Morgan fingerprint density at radius 1 is 0.906 bits per heavy atom. The van der Waals surface area contributed by atoms with Crippen molar-refractivity contribution in [2.45, 2.75) is 6.17 Å². The van der Waals surface area contributed by atoms with E-state index >= 15 is 0 Å². The average Bonchev–Trinajstić information content (AvgIpc) is 3.39. The fourth-order valence-corrected chi connectivity index (χ4v) is 4.09. The third kappa shape index (κ3) is 3.04. The molecule has 3 heterocycles. The molecular formula is C24H19N5O3. The largest absolute Gasteiger partial charge is 0.486 e. The normalized spacial score (nSPS) is 16.9. The number of benzene rings is 3. The number of ether oxygens (including phenoxy) is 2. The summed E-state index contributed by atoms with van der Waals surface area (Å²) in [6.45, 7) is 1.00. The molecule has 3 aromatic carbocycles. The Morgan fingerprint density at radius 3 is 2.50 bits per heavy atom. The molecule has 1 atom stereocenters. The van der Waals surface area contributed by atoms with Gasteiger partial charge in [-0.25, -0.2) is 9.67 Å². The van der Waals surface area contributed by atoms with Crippen LogP contribution in [0.3, 0.4) is 0 Å². The number of aromatic nitrogens is 3. The van der Waals surface area contributed by atoms with Gasteiger partial charge in [-0.3, -0.25) is 9.69 Å². The predicted molar refractivity (Wildman–Crippen MR) is 118 cm³/mol. The zero-order chi connectivity index (χ0) is 21.5. The van der Waals surface area contributed by atoms with Gasteiger partial charge in [0.15, 0.2) is 11.5 Å². The van der Waals surface area contributed by atoms with Crippen LogP contribution in [-0.2, 0) is 0 Å². The Labute approximate surface area is 184 Å². The molecule has 0 spiro atoms. The van der Waals surface area contributed by atoms with Crippen LogP contribution in [0.25, 0.3) is 5.69 Å². The number of anilines is 2. The third-order valence-corrected chi connectivity index (χ3v) is 5.62. The Bertz CT molecular complexity index is 1290. The lowest BCUT2D eigenvalue weighted by atomic mass is 10.0. The van der Waals surface area contributed by atoms with Crippen molar-refractivity contribution in [2.24, 2.45) is 0 Å². The van der Waals surface area contributed by atoms with Crippen molar-refractivity contribution in [1.29, 1.82) is 0 Å². The number of fused-ring (bicyclic) bond motifs is 2. The molecule has 0 bridgehead atoms. The number of para-hydroxylation sites is 1. The van der Waals surface area contributed by atoms with Crippen molar-refractivity contribution in [1.82, 2.24) is 14.8 Å². The van der Waals surface area contributed by atoms with Gasteiger partial charge < -0.3 is 14.8 Å². The summed E-state index contributed by atoms with van der Waals surface area (Å²) in [5, 5.41) is 7.70. The fraction of sp³-hybridized carbons (Fsp3) is 0.125. The number of hydrogen-bond acceptors (Lipinski definition) is 6. The van der Waals surface area contributed by atoms with Crippen LogP contribution in [0.4, 0.5) is 11.4 Å². The molecule has 0 saturated carbocycles. The van der Waals surface area contributed by atoms with Gasteiger partial charge in [-0.05, 0) is 42.0 Å². The van der Waals surface area contributed by atoms with E-state index in [1.54, 1.807) is 15.9 Å². The van der Waals surface area contributed by atoms with Crippen molar-refractivity contribution in [3.05, 3.63) is 90.5 Å². The number of rotatable bonds is 3. The standard InChI is InChI=1S/C24H19N5O3/c30-24-19-3-1-2-4-20(19)27-23(16-5-7-17(8-6-16)28-15-25-14-26-28)29(24)18-9-10-21-22(13-18)32-12-11-31-21/h1-10,13-15,23,27H,11-12H2/t23-/m1/s1. The van der Waals surface area contributed by atoms with Crippen molar-refractivity contribution in [3.8, 4) is 17.2 Å². The van der Waals surface area contributed by atoms with Gasteiger partial charge in [0, 0.05) is 11.8 Å². The lowest BCUT2D eigenvalue weighted by Gasteiger charge is -2.38. The highest BCUT2D eigenvalue weighted by Crippen LogP contribution is 2.40. The summed E-state index contributed by atoms with van der Waals surface area (Å²) >= 11 is 0. The minimum Gasteiger partial charge on any atom is -0.486 e. The zero-order valence-corrected chi connectivity index (χ0v) is 17.0. The molecule has 4 aromatic rings. The number of nitrogens with zero attached hydrogens (tertiary/aromatic N) is 4. The second kappa shape index (κ2) is 7.42. The van der Waals surface area contributed by atoms with E-state index in [1.165, 1.54) is 6.33 Å². The van der Waals surface area contributed by atoms with Gasteiger partial charge >= 0.3 is 0 Å². The Morgan fingerprint density at radius 2 is 1.69 bits per heavy atom. The van der Waals surface area contributed by atoms with Gasteiger partial charge in [-0.2, -0.15) is 5.10 Å². The van der Waals surface area contributed by atoms with Crippen LogP contribution in [-0.4, -0.2) is 33.9 Å². The molecule has 1 aromatic heterocycles. The lowest BCUT2D eigenvalue weighted by molar-refractivity contribution is 0.0974. The molecule has 0 radical (unpaired) electrons. The molecule has 0 saturated heterocycles. The Kier molecular flexibility index (Phi) is 4.28. The van der Waals surface area contributed by atoms with Crippen LogP contribution in [0.2, 0.25) is 0 Å². The minimum atomic E-state index is -0.398. The van der Waals surface area contributed by atoms with E-state index in [9.17, 15) is 4.79 Å².